The molecule has 4 nitrogen and oxygen atoms in total. The zero-order valence-corrected chi connectivity index (χ0v) is 12.7. The summed E-state index contributed by atoms with van der Waals surface area (Å²) in [6, 6.07) is 0.426. The van der Waals surface area contributed by atoms with Gasteiger partial charge in [0.25, 0.3) is 0 Å². The van der Waals surface area contributed by atoms with Crippen molar-refractivity contribution in [3.63, 3.8) is 0 Å². The molecule has 18 heavy (non-hydrogen) atoms. The molecule has 0 radical (unpaired) electrons. The Hall–Kier alpha value is -0.160. The topological polar surface area (TPSA) is 33.7 Å². The van der Waals surface area contributed by atoms with E-state index in [1.54, 1.807) is 7.11 Å². The van der Waals surface area contributed by atoms with Crippen molar-refractivity contribution in [3.8, 4) is 0 Å². The van der Waals surface area contributed by atoms with E-state index in [-0.39, 0.29) is 5.54 Å². The van der Waals surface area contributed by atoms with Crippen molar-refractivity contribution in [2.75, 3.05) is 46.6 Å². The Kier molecular flexibility index (Phi) is 6.57. The Morgan fingerprint density at radius 1 is 1.28 bits per heavy atom. The molecule has 4 heteroatoms. The zero-order chi connectivity index (χ0) is 13.6. The first-order valence-corrected chi connectivity index (χ1v) is 7.02. The fraction of sp³-hybridized carbons (Fsp3) is 1.00. The van der Waals surface area contributed by atoms with Crippen LogP contribution in [-0.2, 0) is 9.47 Å². The number of nitrogens with one attached hydrogen (secondary N) is 1. The van der Waals surface area contributed by atoms with Crippen molar-refractivity contribution >= 4 is 0 Å². The molecule has 1 aliphatic rings. The number of hydrogen-bond acceptors (Lipinski definition) is 4. The van der Waals surface area contributed by atoms with Crippen LogP contribution < -0.4 is 5.32 Å². The normalized spacial score (nSPS) is 20.3. The van der Waals surface area contributed by atoms with E-state index in [9.17, 15) is 0 Å². The lowest BCUT2D eigenvalue weighted by Gasteiger charge is -2.42. The van der Waals surface area contributed by atoms with E-state index in [1.165, 1.54) is 0 Å². The Bertz CT molecular complexity index is 226. The van der Waals surface area contributed by atoms with Crippen LogP contribution in [-0.4, -0.2) is 63.0 Å². The average Bonchev–Trinajstić information content (AvgIpc) is 2.35. The predicted octanol–water partition coefficient (Wildman–Crippen LogP) is 1.36. The molecule has 1 atom stereocenters. The number of ether oxygens (including phenoxy) is 2. The molecule has 1 aliphatic heterocycles. The van der Waals surface area contributed by atoms with Gasteiger partial charge in [-0.1, -0.05) is 13.8 Å². The van der Waals surface area contributed by atoms with Crippen LogP contribution in [0.3, 0.4) is 0 Å². The molecule has 0 aromatic carbocycles. The Morgan fingerprint density at radius 2 is 1.89 bits per heavy atom. The highest BCUT2D eigenvalue weighted by Gasteiger charge is 2.29. The number of methoxy groups -OCH3 is 1. The summed E-state index contributed by atoms with van der Waals surface area (Å²) in [5, 5.41) is 3.65. The van der Waals surface area contributed by atoms with Gasteiger partial charge in [-0.15, -0.1) is 0 Å². The first-order chi connectivity index (χ1) is 8.47. The molecule has 108 valence electrons. The molecule has 1 N–H and O–H groups in total. The molecular weight excluding hydrogens is 228 g/mol. The molecule has 0 saturated carbocycles. The van der Waals surface area contributed by atoms with Crippen LogP contribution in [0, 0.1) is 5.92 Å². The molecule has 0 bridgehead atoms. The predicted molar refractivity (Wildman–Crippen MR) is 75.0 cm³/mol. The van der Waals surface area contributed by atoms with Gasteiger partial charge in [0, 0.05) is 38.3 Å². The third-order valence-corrected chi connectivity index (χ3v) is 3.81. The van der Waals surface area contributed by atoms with Crippen LogP contribution in [0.4, 0.5) is 0 Å². The summed E-state index contributed by atoms with van der Waals surface area (Å²) in [4.78, 5) is 2.51. The SMILES string of the molecule is COCC(NCC(C)(C)N1CCOCC1)C(C)C. The largest absolute Gasteiger partial charge is 0.383 e. The molecular formula is C14H30N2O2. The van der Waals surface area contributed by atoms with Crippen LogP contribution in [0.5, 0.6) is 0 Å². The van der Waals surface area contributed by atoms with Crippen LogP contribution in [0.2, 0.25) is 0 Å². The van der Waals surface area contributed by atoms with Crippen LogP contribution >= 0.6 is 0 Å². The second kappa shape index (κ2) is 7.43. The lowest BCUT2D eigenvalue weighted by molar-refractivity contribution is -0.0117. The maximum Gasteiger partial charge on any atom is 0.0618 e. The monoisotopic (exact) mass is 258 g/mol. The zero-order valence-electron chi connectivity index (χ0n) is 12.7. The highest BCUT2D eigenvalue weighted by atomic mass is 16.5. The van der Waals surface area contributed by atoms with Crippen molar-refractivity contribution in [3.05, 3.63) is 0 Å². The third-order valence-electron chi connectivity index (χ3n) is 3.81. The van der Waals surface area contributed by atoms with Gasteiger partial charge in [-0.2, -0.15) is 0 Å². The Labute approximate surface area is 112 Å². The van der Waals surface area contributed by atoms with Gasteiger partial charge in [0.15, 0.2) is 0 Å². The Balaban J connectivity index is 2.43. The van der Waals surface area contributed by atoms with Gasteiger partial charge in [-0.05, 0) is 19.8 Å². The van der Waals surface area contributed by atoms with E-state index in [4.69, 9.17) is 9.47 Å². The van der Waals surface area contributed by atoms with Gasteiger partial charge in [-0.3, -0.25) is 4.90 Å². The van der Waals surface area contributed by atoms with E-state index in [0.717, 1.165) is 39.5 Å². The molecule has 0 aromatic rings. The number of nitrogens with zero attached hydrogens (tertiary/aromatic N) is 1. The lowest BCUT2D eigenvalue weighted by atomic mass is 9.99. The number of rotatable bonds is 7. The summed E-state index contributed by atoms with van der Waals surface area (Å²) < 4.78 is 10.7. The van der Waals surface area contributed by atoms with Gasteiger partial charge in [0.2, 0.25) is 0 Å². The standard InChI is InChI=1S/C14H30N2O2/c1-12(2)13(10-17-5)15-11-14(3,4)16-6-8-18-9-7-16/h12-13,15H,6-11H2,1-5H3. The minimum absolute atomic E-state index is 0.171. The molecule has 1 rings (SSSR count). The lowest BCUT2D eigenvalue weighted by Crippen LogP contribution is -2.56. The average molecular weight is 258 g/mol. The van der Waals surface area contributed by atoms with Gasteiger partial charge in [0.1, 0.15) is 0 Å². The fourth-order valence-electron chi connectivity index (χ4n) is 2.33. The van der Waals surface area contributed by atoms with Crippen molar-refractivity contribution in [2.24, 2.45) is 5.92 Å². The molecule has 1 saturated heterocycles. The fourth-order valence-corrected chi connectivity index (χ4v) is 2.33. The maximum atomic E-state index is 5.42. The third kappa shape index (κ3) is 4.84. The van der Waals surface area contributed by atoms with Gasteiger partial charge < -0.3 is 14.8 Å². The molecule has 1 heterocycles. The van der Waals surface area contributed by atoms with E-state index >= 15 is 0 Å². The molecule has 0 spiro atoms. The minimum atomic E-state index is 0.171. The summed E-state index contributed by atoms with van der Waals surface area (Å²) in [6.07, 6.45) is 0. The summed E-state index contributed by atoms with van der Waals surface area (Å²) in [7, 11) is 1.77. The smallest absolute Gasteiger partial charge is 0.0618 e. The summed E-state index contributed by atoms with van der Waals surface area (Å²) >= 11 is 0. The molecule has 0 aromatic heterocycles. The molecule has 1 unspecified atom stereocenters. The molecule has 1 fully saturated rings. The van der Waals surface area contributed by atoms with E-state index in [1.807, 2.05) is 0 Å². The van der Waals surface area contributed by atoms with E-state index in [0.29, 0.717) is 12.0 Å². The molecule has 0 amide bonds. The summed E-state index contributed by atoms with van der Waals surface area (Å²) in [5.74, 6) is 0.588. The maximum absolute atomic E-state index is 5.42. The second-order valence-corrected chi connectivity index (χ2v) is 6.10. The highest BCUT2D eigenvalue weighted by molar-refractivity contribution is 4.87. The van der Waals surface area contributed by atoms with Crippen LogP contribution in [0.15, 0.2) is 0 Å². The van der Waals surface area contributed by atoms with Gasteiger partial charge >= 0.3 is 0 Å². The number of morpholine rings is 1. The summed E-state index contributed by atoms with van der Waals surface area (Å²) in [5.41, 5.74) is 0.171. The molecule has 0 aliphatic carbocycles. The first kappa shape index (κ1) is 15.9. The van der Waals surface area contributed by atoms with E-state index in [2.05, 4.69) is 37.9 Å². The van der Waals surface area contributed by atoms with Gasteiger partial charge in [0.05, 0.1) is 19.8 Å². The highest BCUT2D eigenvalue weighted by Crippen LogP contribution is 2.16. The number of hydrogen-bond donors (Lipinski definition) is 1. The van der Waals surface area contributed by atoms with E-state index < -0.39 is 0 Å². The van der Waals surface area contributed by atoms with Crippen LogP contribution in [0.1, 0.15) is 27.7 Å². The van der Waals surface area contributed by atoms with Crippen molar-refractivity contribution in [1.29, 1.82) is 0 Å². The Morgan fingerprint density at radius 3 is 2.39 bits per heavy atom. The second-order valence-electron chi connectivity index (χ2n) is 6.10. The van der Waals surface area contributed by atoms with Crippen LogP contribution in [0.25, 0.3) is 0 Å². The minimum Gasteiger partial charge on any atom is -0.383 e. The van der Waals surface area contributed by atoms with Gasteiger partial charge in [-0.25, -0.2) is 0 Å². The summed E-state index contributed by atoms with van der Waals surface area (Å²) in [6.45, 7) is 14.6. The van der Waals surface area contributed by atoms with Crippen molar-refractivity contribution < 1.29 is 9.47 Å². The quantitative estimate of drug-likeness (QED) is 0.747. The van der Waals surface area contributed by atoms with Crippen molar-refractivity contribution in [1.82, 2.24) is 10.2 Å². The van der Waals surface area contributed by atoms with Crippen molar-refractivity contribution in [2.45, 2.75) is 39.3 Å². The first-order valence-electron chi connectivity index (χ1n) is 7.02.